The van der Waals surface area contributed by atoms with Crippen LogP contribution in [0.3, 0.4) is 0 Å². The van der Waals surface area contributed by atoms with Crippen molar-refractivity contribution in [2.75, 3.05) is 20.1 Å². The van der Waals surface area contributed by atoms with Crippen LogP contribution in [0.4, 0.5) is 0 Å². The quantitative estimate of drug-likeness (QED) is 0.681. The van der Waals surface area contributed by atoms with Crippen LogP contribution in [-0.2, 0) is 4.74 Å². The minimum Gasteiger partial charge on any atom is -0.391 e. The molecule has 3 atom stereocenters. The summed E-state index contributed by atoms with van der Waals surface area (Å²) in [4.78, 5) is 24.2. The zero-order chi connectivity index (χ0) is 18.7. The molecule has 1 aliphatic rings. The number of nitrogens with zero attached hydrogens (tertiary/aromatic N) is 3. The van der Waals surface area contributed by atoms with Crippen LogP contribution in [0.1, 0.15) is 29.1 Å². The lowest BCUT2D eigenvalue weighted by molar-refractivity contribution is -0.0909. The Bertz CT molecular complexity index is 802. The van der Waals surface area contributed by atoms with Gasteiger partial charge in [-0.3, -0.25) is 4.79 Å². The number of hydrogen-bond donors (Lipinski definition) is 3. The molecular formula is C17H20ClN5O3. The molecule has 0 saturated carbocycles. The van der Waals surface area contributed by atoms with Gasteiger partial charge in [0.15, 0.2) is 0 Å². The van der Waals surface area contributed by atoms with Crippen molar-refractivity contribution in [1.29, 1.82) is 0 Å². The Kier molecular flexibility index (Phi) is 5.77. The van der Waals surface area contributed by atoms with Gasteiger partial charge in [0.1, 0.15) is 17.2 Å². The van der Waals surface area contributed by atoms with Crippen molar-refractivity contribution in [3.63, 3.8) is 0 Å². The van der Waals surface area contributed by atoms with Gasteiger partial charge >= 0.3 is 0 Å². The summed E-state index contributed by atoms with van der Waals surface area (Å²) in [5.41, 5.74) is 2.06. The summed E-state index contributed by atoms with van der Waals surface area (Å²) in [6.45, 7) is 2.87. The molecule has 2 unspecified atom stereocenters. The summed E-state index contributed by atoms with van der Waals surface area (Å²) in [5.74, 6) is -0.310. The summed E-state index contributed by atoms with van der Waals surface area (Å²) in [6, 6.07) is 5.10. The highest BCUT2D eigenvalue weighted by molar-refractivity contribution is 6.29. The number of halogens is 1. The highest BCUT2D eigenvalue weighted by Crippen LogP contribution is 2.28. The fraction of sp³-hybridized carbons (Fsp3) is 0.412. The van der Waals surface area contributed by atoms with E-state index in [4.69, 9.17) is 16.3 Å². The van der Waals surface area contributed by atoms with Crippen LogP contribution >= 0.6 is 11.6 Å². The SMILES string of the molecule is CNC(=O)c1cc(-c2cc(C3CNCC([C@H](C)O)O3)cc(Cl)n2)ncn1. The van der Waals surface area contributed by atoms with Gasteiger partial charge in [0.05, 0.1) is 29.7 Å². The average molecular weight is 378 g/mol. The van der Waals surface area contributed by atoms with Crippen LogP contribution in [0.15, 0.2) is 24.5 Å². The molecule has 0 spiro atoms. The number of aliphatic hydroxyl groups is 1. The van der Waals surface area contributed by atoms with Crippen molar-refractivity contribution >= 4 is 17.5 Å². The van der Waals surface area contributed by atoms with Crippen molar-refractivity contribution in [1.82, 2.24) is 25.6 Å². The molecule has 0 aromatic carbocycles. The second kappa shape index (κ2) is 8.05. The van der Waals surface area contributed by atoms with E-state index >= 15 is 0 Å². The molecule has 3 heterocycles. The molecule has 138 valence electrons. The summed E-state index contributed by atoms with van der Waals surface area (Å²) in [5, 5.41) is 15.8. The predicted molar refractivity (Wildman–Crippen MR) is 95.8 cm³/mol. The number of nitrogens with one attached hydrogen (secondary N) is 2. The fourth-order valence-electron chi connectivity index (χ4n) is 2.73. The smallest absolute Gasteiger partial charge is 0.269 e. The molecule has 9 heteroatoms. The lowest BCUT2D eigenvalue weighted by Gasteiger charge is -2.32. The Labute approximate surface area is 156 Å². The molecule has 1 amide bonds. The number of aliphatic hydroxyl groups excluding tert-OH is 1. The number of amides is 1. The van der Waals surface area contributed by atoms with Gasteiger partial charge in [0, 0.05) is 20.1 Å². The second-order valence-electron chi connectivity index (χ2n) is 6.04. The zero-order valence-electron chi connectivity index (χ0n) is 14.4. The van der Waals surface area contributed by atoms with Gasteiger partial charge in [-0.25, -0.2) is 15.0 Å². The first-order valence-electron chi connectivity index (χ1n) is 8.24. The van der Waals surface area contributed by atoms with Crippen LogP contribution in [-0.4, -0.2) is 58.3 Å². The van der Waals surface area contributed by atoms with Gasteiger partial charge in [0.25, 0.3) is 5.91 Å². The lowest BCUT2D eigenvalue weighted by atomic mass is 10.1. The van der Waals surface area contributed by atoms with Crippen molar-refractivity contribution in [2.45, 2.75) is 25.2 Å². The number of pyridine rings is 1. The summed E-state index contributed by atoms with van der Waals surface area (Å²) < 4.78 is 5.96. The van der Waals surface area contributed by atoms with E-state index in [1.54, 1.807) is 19.1 Å². The van der Waals surface area contributed by atoms with Crippen LogP contribution in [0.25, 0.3) is 11.4 Å². The third-order valence-electron chi connectivity index (χ3n) is 4.13. The standard InChI is InChI=1S/C17H20ClN5O3/c1-9(24)14-6-20-7-15(26-14)10-3-12(23-16(18)4-10)11-5-13(17(25)19-2)22-8-21-11/h3-5,8-9,14-15,20,24H,6-7H2,1-2H3,(H,19,25)/t9-,14?,15?/m0/s1. The molecule has 1 fully saturated rings. The molecule has 0 radical (unpaired) electrons. The highest BCUT2D eigenvalue weighted by atomic mass is 35.5. The number of aromatic nitrogens is 3. The first-order chi connectivity index (χ1) is 12.5. The first-order valence-corrected chi connectivity index (χ1v) is 8.62. The van der Waals surface area contributed by atoms with Crippen molar-refractivity contribution in [3.05, 3.63) is 40.9 Å². The van der Waals surface area contributed by atoms with E-state index in [1.807, 2.05) is 6.07 Å². The van der Waals surface area contributed by atoms with E-state index in [0.717, 1.165) is 5.56 Å². The van der Waals surface area contributed by atoms with Crippen molar-refractivity contribution < 1.29 is 14.6 Å². The van der Waals surface area contributed by atoms with Gasteiger partial charge in [-0.1, -0.05) is 11.6 Å². The molecule has 2 aromatic heterocycles. The first kappa shape index (κ1) is 18.7. The molecular weight excluding hydrogens is 358 g/mol. The van der Waals surface area contributed by atoms with Gasteiger partial charge in [-0.2, -0.15) is 0 Å². The van der Waals surface area contributed by atoms with E-state index in [2.05, 4.69) is 25.6 Å². The van der Waals surface area contributed by atoms with Gasteiger partial charge < -0.3 is 20.5 Å². The van der Waals surface area contributed by atoms with Crippen LogP contribution in [0, 0.1) is 0 Å². The Hall–Kier alpha value is -2.13. The summed E-state index contributed by atoms with van der Waals surface area (Å²) in [6.07, 6.45) is 0.148. The second-order valence-corrected chi connectivity index (χ2v) is 6.43. The number of carbonyl (C=O) groups is 1. The number of morpholine rings is 1. The molecule has 0 aliphatic carbocycles. The molecule has 8 nitrogen and oxygen atoms in total. The molecule has 1 aliphatic heterocycles. The van der Waals surface area contributed by atoms with Gasteiger partial charge in [-0.15, -0.1) is 0 Å². The fourth-order valence-corrected chi connectivity index (χ4v) is 2.95. The molecule has 2 aromatic rings. The zero-order valence-corrected chi connectivity index (χ0v) is 15.2. The average Bonchev–Trinajstić information content (AvgIpc) is 2.67. The largest absolute Gasteiger partial charge is 0.391 e. The number of rotatable bonds is 4. The lowest BCUT2D eigenvalue weighted by Crippen LogP contribution is -2.45. The van der Waals surface area contributed by atoms with Crippen LogP contribution < -0.4 is 10.6 Å². The Morgan fingerprint density at radius 1 is 1.35 bits per heavy atom. The van der Waals surface area contributed by atoms with E-state index in [9.17, 15) is 9.90 Å². The van der Waals surface area contributed by atoms with Crippen LogP contribution in [0.5, 0.6) is 0 Å². The van der Waals surface area contributed by atoms with E-state index in [-0.39, 0.29) is 23.8 Å². The maximum atomic E-state index is 11.8. The predicted octanol–water partition coefficient (Wildman–Crippen LogP) is 0.962. The van der Waals surface area contributed by atoms with E-state index in [0.29, 0.717) is 29.6 Å². The van der Waals surface area contributed by atoms with Crippen molar-refractivity contribution in [3.8, 4) is 11.4 Å². The van der Waals surface area contributed by atoms with Gasteiger partial charge in [-0.05, 0) is 30.7 Å². The van der Waals surface area contributed by atoms with E-state index in [1.165, 1.54) is 13.4 Å². The monoisotopic (exact) mass is 377 g/mol. The Morgan fingerprint density at radius 3 is 2.88 bits per heavy atom. The highest BCUT2D eigenvalue weighted by Gasteiger charge is 2.27. The normalized spacial score (nSPS) is 21.2. The van der Waals surface area contributed by atoms with E-state index < -0.39 is 6.10 Å². The summed E-state index contributed by atoms with van der Waals surface area (Å²) >= 11 is 6.19. The molecule has 26 heavy (non-hydrogen) atoms. The molecule has 1 saturated heterocycles. The third-order valence-corrected chi connectivity index (χ3v) is 4.32. The maximum absolute atomic E-state index is 11.8. The van der Waals surface area contributed by atoms with Gasteiger partial charge in [0.2, 0.25) is 0 Å². The summed E-state index contributed by atoms with van der Waals surface area (Å²) in [7, 11) is 1.53. The number of carbonyl (C=O) groups excluding carboxylic acids is 1. The van der Waals surface area contributed by atoms with Crippen LogP contribution in [0.2, 0.25) is 5.15 Å². The molecule has 3 N–H and O–H groups in total. The minimum atomic E-state index is -0.584. The molecule has 3 rings (SSSR count). The maximum Gasteiger partial charge on any atom is 0.269 e. The third kappa shape index (κ3) is 4.16. The number of ether oxygens (including phenoxy) is 1. The Morgan fingerprint density at radius 2 is 2.15 bits per heavy atom. The molecule has 0 bridgehead atoms. The minimum absolute atomic E-state index is 0.241. The Balaban J connectivity index is 1.92. The number of hydrogen-bond acceptors (Lipinski definition) is 7. The van der Waals surface area contributed by atoms with Crippen molar-refractivity contribution in [2.24, 2.45) is 0 Å². The topological polar surface area (TPSA) is 109 Å².